The third kappa shape index (κ3) is 3.90. The minimum absolute atomic E-state index is 0.000149. The Bertz CT molecular complexity index is 1260. The van der Waals surface area contributed by atoms with Gasteiger partial charge in [0.1, 0.15) is 22.1 Å². The number of carbonyl (C=O) groups is 1. The Kier molecular flexibility index (Phi) is 5.94. The van der Waals surface area contributed by atoms with E-state index in [0.29, 0.717) is 24.6 Å². The van der Waals surface area contributed by atoms with Crippen molar-refractivity contribution in [2.24, 2.45) is 11.8 Å². The van der Waals surface area contributed by atoms with Gasteiger partial charge >= 0.3 is 0 Å². The van der Waals surface area contributed by atoms with Crippen LogP contribution in [0.5, 0.6) is 0 Å². The molecule has 1 aromatic heterocycles. The number of hydrogen-bond acceptors (Lipinski definition) is 6. The summed E-state index contributed by atoms with van der Waals surface area (Å²) < 4.78 is 56.0. The smallest absolute Gasteiger partial charge is 0.274 e. The fourth-order valence-electron chi connectivity index (χ4n) is 5.78. The number of amides is 1. The number of carbonyl (C=O) groups excluding carboxylic acids is 1. The van der Waals surface area contributed by atoms with Crippen LogP contribution in [0.4, 0.5) is 8.78 Å². The Morgan fingerprint density at radius 3 is 2.72 bits per heavy atom. The average Bonchev–Trinajstić information content (AvgIpc) is 3.54. The second kappa shape index (κ2) is 8.62. The molecule has 9 nitrogen and oxygen atoms in total. The van der Waals surface area contributed by atoms with E-state index >= 15 is 4.39 Å². The van der Waals surface area contributed by atoms with Crippen molar-refractivity contribution >= 4 is 21.9 Å². The molecule has 194 valence electrons. The highest BCUT2D eigenvalue weighted by molar-refractivity contribution is 7.91. The second-order valence-corrected chi connectivity index (χ2v) is 12.7. The quantitative estimate of drug-likeness (QED) is 0.548. The highest BCUT2D eigenvalue weighted by Gasteiger charge is 2.68. The van der Waals surface area contributed by atoms with Crippen molar-refractivity contribution in [1.29, 1.82) is 5.41 Å². The first-order chi connectivity index (χ1) is 17.0. The van der Waals surface area contributed by atoms with E-state index in [4.69, 9.17) is 5.41 Å². The number of sulfonamides is 1. The van der Waals surface area contributed by atoms with Crippen molar-refractivity contribution in [3.8, 4) is 0 Å². The van der Waals surface area contributed by atoms with Crippen LogP contribution in [0.1, 0.15) is 43.1 Å². The Morgan fingerprint density at radius 2 is 2.06 bits per heavy atom. The normalized spacial score (nSPS) is 32.2. The average molecular weight is 521 g/mol. The molecular weight excluding hydrogens is 490 g/mol. The summed E-state index contributed by atoms with van der Waals surface area (Å²) in [6, 6.07) is 2.37. The standard InChI is InChI=1S/C24H30F2N6O3S/c1-23(18-11-17(6-7-19(18)26)29-21(33)20-8-5-16(25)12-28-20)24(36(34,35)31(2)22(27)30-23)9-10-32(14-24)13-15-3-4-15/h5-8,12,15,18H,3-4,9-11,13-14H2,1-2H3,(H2,27,30)(H,29,33)/t18?,23-,24-/m1/s1. The number of guanidine groups is 1. The van der Waals surface area contributed by atoms with Gasteiger partial charge in [0.2, 0.25) is 16.0 Å². The molecule has 3 fully saturated rings. The minimum Gasteiger partial charge on any atom is -0.348 e. The van der Waals surface area contributed by atoms with Crippen LogP contribution in [0.25, 0.3) is 0 Å². The molecule has 36 heavy (non-hydrogen) atoms. The van der Waals surface area contributed by atoms with Crippen LogP contribution in [0.3, 0.4) is 0 Å². The molecule has 4 aliphatic rings. The first kappa shape index (κ1) is 24.8. The van der Waals surface area contributed by atoms with Crippen LogP contribution < -0.4 is 10.6 Å². The highest BCUT2D eigenvalue weighted by Crippen LogP contribution is 2.51. The van der Waals surface area contributed by atoms with E-state index in [1.54, 1.807) is 6.92 Å². The van der Waals surface area contributed by atoms with Crippen molar-refractivity contribution in [3.05, 3.63) is 53.5 Å². The lowest BCUT2D eigenvalue weighted by Gasteiger charge is -2.55. The van der Waals surface area contributed by atoms with Crippen molar-refractivity contribution in [2.45, 2.75) is 42.9 Å². The summed E-state index contributed by atoms with van der Waals surface area (Å²) in [4.78, 5) is 18.6. The van der Waals surface area contributed by atoms with Crippen molar-refractivity contribution in [3.63, 3.8) is 0 Å². The van der Waals surface area contributed by atoms with Gasteiger partial charge in [-0.2, -0.15) is 0 Å². The molecule has 12 heteroatoms. The van der Waals surface area contributed by atoms with E-state index < -0.39 is 43.8 Å². The fourth-order valence-corrected chi connectivity index (χ4v) is 8.02. The SMILES string of the molecule is CN1C(=N)N[C@](C)(C2CC(NC(=O)c3ccc(F)cn3)=CC=C2F)[C@]2(CCN(CC3CC3)C2)S1(=O)=O. The Balaban J connectivity index is 1.45. The molecule has 2 aliphatic carbocycles. The van der Waals surface area contributed by atoms with E-state index in [9.17, 15) is 17.6 Å². The van der Waals surface area contributed by atoms with E-state index in [-0.39, 0.29) is 24.6 Å². The third-order valence-corrected chi connectivity index (χ3v) is 10.8. The van der Waals surface area contributed by atoms with Crippen molar-refractivity contribution in [1.82, 2.24) is 24.8 Å². The Morgan fingerprint density at radius 1 is 1.31 bits per heavy atom. The maximum Gasteiger partial charge on any atom is 0.274 e. The molecule has 3 N–H and O–H groups in total. The fraction of sp³-hybridized carbons (Fsp3) is 0.542. The molecular formula is C24H30F2N6O3S. The molecule has 0 aromatic carbocycles. The van der Waals surface area contributed by atoms with Crippen LogP contribution in [0.2, 0.25) is 0 Å². The zero-order valence-corrected chi connectivity index (χ0v) is 21.0. The lowest BCUT2D eigenvalue weighted by Crippen LogP contribution is -2.78. The zero-order chi connectivity index (χ0) is 25.9. The molecule has 1 unspecified atom stereocenters. The number of likely N-dealkylation sites (tertiary alicyclic amines) is 1. The summed E-state index contributed by atoms with van der Waals surface area (Å²) in [6.45, 7) is 3.30. The molecule has 2 aliphatic heterocycles. The van der Waals surface area contributed by atoms with Crippen LogP contribution in [0.15, 0.2) is 42.0 Å². The largest absolute Gasteiger partial charge is 0.348 e. The monoisotopic (exact) mass is 520 g/mol. The van der Waals surface area contributed by atoms with Gasteiger partial charge in [0.25, 0.3) is 5.91 Å². The molecule has 0 bridgehead atoms. The first-order valence-corrected chi connectivity index (χ1v) is 13.5. The second-order valence-electron chi connectivity index (χ2n) is 10.4. The minimum atomic E-state index is -4.01. The van der Waals surface area contributed by atoms with Gasteiger partial charge in [-0.05, 0) is 69.4 Å². The van der Waals surface area contributed by atoms with Gasteiger partial charge in [0, 0.05) is 31.8 Å². The molecule has 5 rings (SSSR count). The van der Waals surface area contributed by atoms with Crippen molar-refractivity contribution in [2.75, 3.05) is 26.7 Å². The van der Waals surface area contributed by atoms with Gasteiger partial charge in [-0.25, -0.2) is 26.5 Å². The maximum atomic E-state index is 15.5. The van der Waals surface area contributed by atoms with E-state index in [1.165, 1.54) is 25.3 Å². The van der Waals surface area contributed by atoms with E-state index in [1.807, 2.05) is 0 Å². The van der Waals surface area contributed by atoms with Gasteiger partial charge < -0.3 is 15.5 Å². The number of aromatic nitrogens is 1. The summed E-state index contributed by atoms with van der Waals surface area (Å²) in [5.41, 5.74) is -0.974. The first-order valence-electron chi connectivity index (χ1n) is 12.0. The Hall–Kier alpha value is -2.86. The number of rotatable bonds is 5. The lowest BCUT2D eigenvalue weighted by molar-refractivity contribution is 0.0953. The summed E-state index contributed by atoms with van der Waals surface area (Å²) in [6.07, 6.45) is 6.18. The third-order valence-electron chi connectivity index (χ3n) is 8.15. The van der Waals surface area contributed by atoms with Crippen LogP contribution in [0, 0.1) is 23.1 Å². The zero-order valence-electron chi connectivity index (χ0n) is 20.2. The summed E-state index contributed by atoms with van der Waals surface area (Å²) in [5.74, 6) is -2.37. The topological polar surface area (TPSA) is 118 Å². The predicted molar refractivity (Wildman–Crippen MR) is 130 cm³/mol. The van der Waals surface area contributed by atoms with E-state index in [0.717, 1.165) is 36.0 Å². The summed E-state index contributed by atoms with van der Waals surface area (Å²) in [7, 11) is -2.66. The number of nitrogens with zero attached hydrogens (tertiary/aromatic N) is 3. The van der Waals surface area contributed by atoms with E-state index in [2.05, 4.69) is 20.5 Å². The lowest BCUT2D eigenvalue weighted by atomic mass is 9.70. The summed E-state index contributed by atoms with van der Waals surface area (Å²) in [5, 5.41) is 14.1. The Labute approximate surface area is 209 Å². The van der Waals surface area contributed by atoms with Gasteiger partial charge in [-0.1, -0.05) is 0 Å². The van der Waals surface area contributed by atoms with Crippen LogP contribution >= 0.6 is 0 Å². The number of halogens is 2. The molecule has 1 aromatic rings. The molecule has 0 radical (unpaired) electrons. The molecule has 1 saturated carbocycles. The predicted octanol–water partition coefficient (Wildman–Crippen LogP) is 2.12. The molecule has 1 amide bonds. The van der Waals surface area contributed by atoms with Crippen LogP contribution in [-0.2, 0) is 10.0 Å². The number of hydrogen-bond donors (Lipinski definition) is 3. The van der Waals surface area contributed by atoms with Gasteiger partial charge in [0.15, 0.2) is 0 Å². The highest BCUT2D eigenvalue weighted by atomic mass is 32.2. The number of pyridine rings is 1. The van der Waals surface area contributed by atoms with Gasteiger partial charge in [-0.15, -0.1) is 0 Å². The molecule has 2 saturated heterocycles. The summed E-state index contributed by atoms with van der Waals surface area (Å²) >= 11 is 0. The molecule has 3 atom stereocenters. The maximum absolute atomic E-state index is 15.5. The van der Waals surface area contributed by atoms with Gasteiger partial charge in [0.05, 0.1) is 11.7 Å². The molecule has 1 spiro atoms. The van der Waals surface area contributed by atoms with Crippen LogP contribution in [-0.4, -0.2) is 71.4 Å². The van der Waals surface area contributed by atoms with Gasteiger partial charge in [-0.3, -0.25) is 10.2 Å². The number of allylic oxidation sites excluding steroid dienone is 3. The van der Waals surface area contributed by atoms with Crippen molar-refractivity contribution < 1.29 is 22.0 Å². The number of nitrogens with one attached hydrogen (secondary N) is 3. The molecule has 3 heterocycles.